The second-order valence-corrected chi connectivity index (χ2v) is 9.41. The van der Waals surface area contributed by atoms with Gasteiger partial charge in [-0.2, -0.15) is 0 Å². The SMILES string of the molecule is CCCCCCCCC=CCC=CCC=CCC=CCC(=O)NCCOC(C)(C)CCCC. The Bertz CT molecular complexity index is 558. The van der Waals surface area contributed by atoms with Gasteiger partial charge in [-0.25, -0.2) is 0 Å². The van der Waals surface area contributed by atoms with Gasteiger partial charge >= 0.3 is 0 Å². The normalized spacial score (nSPS) is 12.7. The van der Waals surface area contributed by atoms with Crippen molar-refractivity contribution in [3.05, 3.63) is 48.6 Å². The number of unbranched alkanes of at least 4 members (excludes halogenated alkanes) is 7. The average molecular weight is 460 g/mol. The molecule has 1 N–H and O–H groups in total. The first-order valence-electron chi connectivity index (χ1n) is 13.5. The molecule has 3 nitrogen and oxygen atoms in total. The maximum absolute atomic E-state index is 11.9. The summed E-state index contributed by atoms with van der Waals surface area (Å²) in [5, 5.41) is 2.92. The molecule has 0 radical (unpaired) electrons. The third-order valence-corrected chi connectivity index (χ3v) is 5.56. The van der Waals surface area contributed by atoms with Crippen LogP contribution < -0.4 is 5.32 Å². The Kier molecular flexibility index (Phi) is 22.4. The Morgan fingerprint density at radius 2 is 1.27 bits per heavy atom. The predicted molar refractivity (Wildman–Crippen MR) is 146 cm³/mol. The largest absolute Gasteiger partial charge is 0.374 e. The van der Waals surface area contributed by atoms with E-state index >= 15 is 0 Å². The van der Waals surface area contributed by atoms with Gasteiger partial charge in [0.2, 0.25) is 5.91 Å². The monoisotopic (exact) mass is 459 g/mol. The number of amides is 1. The summed E-state index contributed by atoms with van der Waals surface area (Å²) in [5.74, 6) is 0.0534. The summed E-state index contributed by atoms with van der Waals surface area (Å²) < 4.78 is 5.87. The number of hydrogen-bond acceptors (Lipinski definition) is 2. The topological polar surface area (TPSA) is 38.3 Å². The van der Waals surface area contributed by atoms with Crippen LogP contribution in [0.5, 0.6) is 0 Å². The van der Waals surface area contributed by atoms with Gasteiger partial charge in [-0.1, -0.05) is 107 Å². The van der Waals surface area contributed by atoms with Crippen LogP contribution in [0.25, 0.3) is 0 Å². The molecule has 0 rings (SSSR count). The molecule has 0 fully saturated rings. The third kappa shape index (κ3) is 24.9. The predicted octanol–water partition coefficient (Wildman–Crippen LogP) is 8.62. The van der Waals surface area contributed by atoms with Crippen molar-refractivity contribution in [2.45, 2.75) is 123 Å². The summed E-state index contributed by atoms with van der Waals surface area (Å²) in [5.41, 5.74) is -0.105. The Labute approximate surface area is 205 Å². The lowest BCUT2D eigenvalue weighted by Gasteiger charge is -2.25. The van der Waals surface area contributed by atoms with Crippen molar-refractivity contribution in [3.63, 3.8) is 0 Å². The quantitative estimate of drug-likeness (QED) is 0.130. The van der Waals surface area contributed by atoms with E-state index in [-0.39, 0.29) is 11.5 Å². The molecule has 0 aliphatic heterocycles. The van der Waals surface area contributed by atoms with Crippen LogP contribution in [0, 0.1) is 0 Å². The zero-order valence-corrected chi connectivity index (χ0v) is 22.2. The van der Waals surface area contributed by atoms with Crippen molar-refractivity contribution >= 4 is 5.91 Å². The van der Waals surface area contributed by atoms with Crippen molar-refractivity contribution < 1.29 is 9.53 Å². The lowest BCUT2D eigenvalue weighted by molar-refractivity contribution is -0.120. The fraction of sp³-hybridized carbons (Fsp3) is 0.700. The minimum atomic E-state index is -0.105. The first-order valence-corrected chi connectivity index (χ1v) is 13.5. The highest BCUT2D eigenvalue weighted by Crippen LogP contribution is 2.17. The molecule has 0 aromatic rings. The Morgan fingerprint density at radius 3 is 1.91 bits per heavy atom. The molecule has 0 spiro atoms. The number of carbonyl (C=O) groups is 1. The average Bonchev–Trinajstić information content (AvgIpc) is 2.80. The zero-order chi connectivity index (χ0) is 24.5. The van der Waals surface area contributed by atoms with Crippen LogP contribution in [-0.4, -0.2) is 24.7 Å². The van der Waals surface area contributed by atoms with Crippen molar-refractivity contribution in [2.24, 2.45) is 0 Å². The van der Waals surface area contributed by atoms with E-state index in [1.54, 1.807) is 0 Å². The summed E-state index contributed by atoms with van der Waals surface area (Å²) in [4.78, 5) is 11.9. The molecule has 0 heterocycles. The molecule has 0 aromatic heterocycles. The third-order valence-electron chi connectivity index (χ3n) is 5.56. The molecule has 0 atom stereocenters. The second kappa shape index (κ2) is 23.5. The highest BCUT2D eigenvalue weighted by molar-refractivity contribution is 5.77. The number of hydrogen-bond donors (Lipinski definition) is 1. The molecule has 0 aromatic carbocycles. The van der Waals surface area contributed by atoms with Gasteiger partial charge in [-0.15, -0.1) is 0 Å². The second-order valence-electron chi connectivity index (χ2n) is 9.41. The van der Waals surface area contributed by atoms with Crippen molar-refractivity contribution in [1.82, 2.24) is 5.32 Å². The van der Waals surface area contributed by atoms with Crippen LogP contribution >= 0.6 is 0 Å². The van der Waals surface area contributed by atoms with E-state index < -0.39 is 0 Å². The van der Waals surface area contributed by atoms with Crippen molar-refractivity contribution in [3.8, 4) is 0 Å². The maximum Gasteiger partial charge on any atom is 0.223 e. The first-order chi connectivity index (χ1) is 16.0. The minimum Gasteiger partial charge on any atom is -0.374 e. The molecule has 0 aliphatic carbocycles. The first kappa shape index (κ1) is 31.4. The molecular formula is C30H53NO2. The highest BCUT2D eigenvalue weighted by atomic mass is 16.5. The van der Waals surface area contributed by atoms with E-state index in [1.807, 2.05) is 6.08 Å². The van der Waals surface area contributed by atoms with Gasteiger partial charge in [0.1, 0.15) is 0 Å². The molecule has 190 valence electrons. The Hall–Kier alpha value is -1.61. The number of allylic oxidation sites excluding steroid dienone is 7. The van der Waals surface area contributed by atoms with E-state index in [9.17, 15) is 4.79 Å². The molecule has 3 heteroatoms. The van der Waals surface area contributed by atoms with Gasteiger partial charge < -0.3 is 10.1 Å². The van der Waals surface area contributed by atoms with E-state index in [2.05, 4.69) is 75.5 Å². The summed E-state index contributed by atoms with van der Waals surface area (Å²) in [7, 11) is 0. The van der Waals surface area contributed by atoms with Gasteiger partial charge in [-0.3, -0.25) is 4.79 Å². The van der Waals surface area contributed by atoms with E-state index in [0.29, 0.717) is 19.6 Å². The van der Waals surface area contributed by atoms with Crippen LogP contribution in [0.1, 0.15) is 118 Å². The standard InChI is InChI=1S/C30H53NO2/c1-5-7-9-10-11-12-13-14-15-16-17-18-19-20-21-22-23-24-25-29(32)31-27-28-33-30(3,4)26-8-6-2/h14-15,17-18,20-21,23-24H,5-13,16,19,22,25-28H2,1-4H3,(H,31,32). The Balaban J connectivity index is 3.59. The Morgan fingerprint density at radius 1 is 0.727 bits per heavy atom. The van der Waals surface area contributed by atoms with Gasteiger partial charge in [0, 0.05) is 13.0 Å². The highest BCUT2D eigenvalue weighted by Gasteiger charge is 2.16. The maximum atomic E-state index is 11.9. The fourth-order valence-electron chi connectivity index (χ4n) is 3.43. The number of rotatable bonds is 22. The van der Waals surface area contributed by atoms with Crippen LogP contribution in [0.3, 0.4) is 0 Å². The molecule has 0 saturated heterocycles. The summed E-state index contributed by atoms with van der Waals surface area (Å²) >= 11 is 0. The minimum absolute atomic E-state index is 0.0534. The van der Waals surface area contributed by atoms with Crippen molar-refractivity contribution in [1.29, 1.82) is 0 Å². The van der Waals surface area contributed by atoms with E-state index in [1.165, 1.54) is 57.8 Å². The number of ether oxygens (including phenoxy) is 1. The van der Waals surface area contributed by atoms with Crippen LogP contribution in [0.2, 0.25) is 0 Å². The molecule has 0 bridgehead atoms. The van der Waals surface area contributed by atoms with Gasteiger partial charge in [0.05, 0.1) is 12.2 Å². The molecular weight excluding hydrogens is 406 g/mol. The summed E-state index contributed by atoms with van der Waals surface area (Å²) in [6.45, 7) is 9.83. The fourth-order valence-corrected chi connectivity index (χ4v) is 3.43. The van der Waals surface area contributed by atoms with Crippen LogP contribution in [-0.2, 0) is 9.53 Å². The van der Waals surface area contributed by atoms with Gasteiger partial charge in [0.25, 0.3) is 0 Å². The summed E-state index contributed by atoms with van der Waals surface area (Å²) in [6, 6.07) is 0. The smallest absolute Gasteiger partial charge is 0.223 e. The van der Waals surface area contributed by atoms with E-state index in [0.717, 1.165) is 25.7 Å². The van der Waals surface area contributed by atoms with Gasteiger partial charge in [0.15, 0.2) is 0 Å². The molecule has 0 saturated carbocycles. The molecule has 0 aliphatic rings. The number of nitrogens with one attached hydrogen (secondary N) is 1. The lowest BCUT2D eigenvalue weighted by Crippen LogP contribution is -2.31. The molecule has 33 heavy (non-hydrogen) atoms. The summed E-state index contributed by atoms with van der Waals surface area (Å²) in [6.07, 6.45) is 33.5. The number of carbonyl (C=O) groups excluding carboxylic acids is 1. The molecule has 0 unspecified atom stereocenters. The van der Waals surface area contributed by atoms with E-state index in [4.69, 9.17) is 4.74 Å². The van der Waals surface area contributed by atoms with Crippen LogP contribution in [0.4, 0.5) is 0 Å². The lowest BCUT2D eigenvalue weighted by atomic mass is 10.0. The van der Waals surface area contributed by atoms with Gasteiger partial charge in [-0.05, 0) is 52.4 Å². The van der Waals surface area contributed by atoms with Crippen molar-refractivity contribution in [2.75, 3.05) is 13.2 Å². The molecule has 1 amide bonds. The van der Waals surface area contributed by atoms with Crippen LogP contribution in [0.15, 0.2) is 48.6 Å². The zero-order valence-electron chi connectivity index (χ0n) is 22.2.